The number of carbonyl (C=O) groups is 2. The molecule has 0 unspecified atom stereocenters. The number of aryl methyl sites for hydroxylation is 1. The summed E-state index contributed by atoms with van der Waals surface area (Å²) in [5.41, 5.74) is 1.58. The van der Waals surface area contributed by atoms with Crippen LogP contribution in [0.15, 0.2) is 36.9 Å². The Hall–Kier alpha value is -2.14. The predicted molar refractivity (Wildman–Crippen MR) is 77.4 cm³/mol. The third-order valence-electron chi connectivity index (χ3n) is 2.79. The van der Waals surface area contributed by atoms with Gasteiger partial charge in [-0.3, -0.25) is 9.59 Å². The molecule has 0 bridgehead atoms. The SMILES string of the molecule is C=CCN(CCO)C(=O)CNC(=O)c1ccc(C)cc1. The summed E-state index contributed by atoms with van der Waals surface area (Å²) >= 11 is 0. The van der Waals surface area contributed by atoms with Gasteiger partial charge in [0.25, 0.3) is 5.91 Å². The summed E-state index contributed by atoms with van der Waals surface area (Å²) in [5.74, 6) is -0.541. The van der Waals surface area contributed by atoms with E-state index in [1.54, 1.807) is 18.2 Å². The molecule has 2 N–H and O–H groups in total. The van der Waals surface area contributed by atoms with Gasteiger partial charge >= 0.3 is 0 Å². The van der Waals surface area contributed by atoms with Crippen LogP contribution in [-0.2, 0) is 4.79 Å². The lowest BCUT2D eigenvalue weighted by molar-refractivity contribution is -0.130. The van der Waals surface area contributed by atoms with E-state index < -0.39 is 0 Å². The minimum atomic E-state index is -0.291. The molecule has 0 saturated carbocycles. The summed E-state index contributed by atoms with van der Waals surface area (Å²) in [4.78, 5) is 25.1. The molecule has 2 amide bonds. The van der Waals surface area contributed by atoms with Gasteiger partial charge in [-0.25, -0.2) is 0 Å². The first-order valence-electron chi connectivity index (χ1n) is 6.43. The van der Waals surface area contributed by atoms with E-state index in [9.17, 15) is 9.59 Å². The predicted octanol–water partition coefficient (Wildman–Crippen LogP) is 0.732. The lowest BCUT2D eigenvalue weighted by Crippen LogP contribution is -2.41. The van der Waals surface area contributed by atoms with Crippen LogP contribution in [0.2, 0.25) is 0 Å². The molecule has 0 aliphatic heterocycles. The van der Waals surface area contributed by atoms with Gasteiger partial charge in [0.2, 0.25) is 5.91 Å². The Kier molecular flexibility index (Phi) is 6.46. The molecule has 0 atom stereocenters. The van der Waals surface area contributed by atoms with Crippen molar-refractivity contribution in [3.05, 3.63) is 48.0 Å². The lowest BCUT2D eigenvalue weighted by Gasteiger charge is -2.20. The number of nitrogens with zero attached hydrogens (tertiary/aromatic N) is 1. The molecule has 5 heteroatoms. The summed E-state index contributed by atoms with van der Waals surface area (Å²) in [6, 6.07) is 7.10. The number of amides is 2. The standard InChI is InChI=1S/C15H20N2O3/c1-3-8-17(9-10-18)14(19)11-16-15(20)13-6-4-12(2)5-7-13/h3-7,18H,1,8-11H2,2H3,(H,16,20). The Morgan fingerprint density at radius 1 is 1.35 bits per heavy atom. The van der Waals surface area contributed by atoms with Crippen molar-refractivity contribution < 1.29 is 14.7 Å². The van der Waals surface area contributed by atoms with Gasteiger partial charge in [0.15, 0.2) is 0 Å². The Morgan fingerprint density at radius 2 is 2.00 bits per heavy atom. The molecule has 1 rings (SSSR count). The fourth-order valence-electron chi connectivity index (χ4n) is 1.67. The van der Waals surface area contributed by atoms with Crippen molar-refractivity contribution in [2.75, 3.05) is 26.2 Å². The van der Waals surface area contributed by atoms with E-state index in [-0.39, 0.29) is 31.5 Å². The molecule has 0 aliphatic rings. The average Bonchev–Trinajstić information content (AvgIpc) is 2.45. The molecule has 108 valence electrons. The van der Waals surface area contributed by atoms with E-state index in [4.69, 9.17) is 5.11 Å². The zero-order valence-corrected chi connectivity index (χ0v) is 11.6. The van der Waals surface area contributed by atoms with Crippen molar-refractivity contribution in [1.29, 1.82) is 0 Å². The zero-order valence-electron chi connectivity index (χ0n) is 11.6. The number of hydrogen-bond donors (Lipinski definition) is 2. The van der Waals surface area contributed by atoms with Crippen LogP contribution in [0.4, 0.5) is 0 Å². The summed E-state index contributed by atoms with van der Waals surface area (Å²) in [5, 5.41) is 11.4. The van der Waals surface area contributed by atoms with E-state index in [1.165, 1.54) is 4.90 Å². The van der Waals surface area contributed by atoms with E-state index in [0.717, 1.165) is 5.56 Å². The minimum absolute atomic E-state index is 0.0967. The number of benzene rings is 1. The van der Waals surface area contributed by atoms with Gasteiger partial charge in [0.05, 0.1) is 13.2 Å². The molecule has 0 fully saturated rings. The van der Waals surface area contributed by atoms with Crippen molar-refractivity contribution in [3.63, 3.8) is 0 Å². The molecule has 0 radical (unpaired) electrons. The van der Waals surface area contributed by atoms with Gasteiger partial charge in [-0.1, -0.05) is 23.8 Å². The molecule has 1 aromatic rings. The van der Waals surface area contributed by atoms with Crippen LogP contribution < -0.4 is 5.32 Å². The van der Waals surface area contributed by atoms with Crippen LogP contribution in [0.5, 0.6) is 0 Å². The molecule has 20 heavy (non-hydrogen) atoms. The first kappa shape index (κ1) is 15.9. The maximum absolute atomic E-state index is 11.9. The first-order chi connectivity index (χ1) is 9.58. The summed E-state index contributed by atoms with van der Waals surface area (Å²) < 4.78 is 0. The van der Waals surface area contributed by atoms with Gasteiger partial charge in [-0.05, 0) is 19.1 Å². The number of aliphatic hydroxyl groups excluding tert-OH is 1. The van der Waals surface area contributed by atoms with E-state index >= 15 is 0 Å². The molecule has 0 spiro atoms. The van der Waals surface area contributed by atoms with Gasteiger partial charge in [0, 0.05) is 18.7 Å². The Labute approximate surface area is 118 Å². The average molecular weight is 276 g/mol. The highest BCUT2D eigenvalue weighted by Crippen LogP contribution is 2.02. The Morgan fingerprint density at radius 3 is 2.55 bits per heavy atom. The van der Waals surface area contributed by atoms with Crippen molar-refractivity contribution >= 4 is 11.8 Å². The summed E-state index contributed by atoms with van der Waals surface area (Å²) in [6.07, 6.45) is 1.58. The Bertz CT molecular complexity index is 469. The van der Waals surface area contributed by atoms with Crippen molar-refractivity contribution in [2.45, 2.75) is 6.92 Å². The quantitative estimate of drug-likeness (QED) is 0.721. The second-order valence-electron chi connectivity index (χ2n) is 4.40. The van der Waals surface area contributed by atoms with Gasteiger partial charge in [-0.15, -0.1) is 6.58 Å². The van der Waals surface area contributed by atoms with Crippen molar-refractivity contribution in [3.8, 4) is 0 Å². The molecule has 0 heterocycles. The highest BCUT2D eigenvalue weighted by molar-refractivity contribution is 5.96. The van der Waals surface area contributed by atoms with Crippen LogP contribution in [-0.4, -0.2) is 48.1 Å². The number of aliphatic hydroxyl groups is 1. The topological polar surface area (TPSA) is 69.6 Å². The molecular weight excluding hydrogens is 256 g/mol. The third-order valence-corrected chi connectivity index (χ3v) is 2.79. The van der Waals surface area contributed by atoms with Crippen LogP contribution >= 0.6 is 0 Å². The zero-order chi connectivity index (χ0) is 15.0. The van der Waals surface area contributed by atoms with Crippen molar-refractivity contribution in [2.24, 2.45) is 0 Å². The smallest absolute Gasteiger partial charge is 0.251 e. The van der Waals surface area contributed by atoms with E-state index in [1.807, 2.05) is 19.1 Å². The number of nitrogens with one attached hydrogen (secondary N) is 1. The highest BCUT2D eigenvalue weighted by Gasteiger charge is 2.13. The second kappa shape index (κ2) is 8.12. The normalized spacial score (nSPS) is 9.90. The van der Waals surface area contributed by atoms with Gasteiger partial charge in [0.1, 0.15) is 0 Å². The van der Waals surface area contributed by atoms with E-state index in [0.29, 0.717) is 12.1 Å². The van der Waals surface area contributed by atoms with Crippen LogP contribution in [0.3, 0.4) is 0 Å². The third kappa shape index (κ3) is 4.85. The molecule has 0 aliphatic carbocycles. The van der Waals surface area contributed by atoms with Gasteiger partial charge < -0.3 is 15.3 Å². The molecule has 5 nitrogen and oxygen atoms in total. The number of rotatable bonds is 7. The van der Waals surface area contributed by atoms with Crippen LogP contribution in [0, 0.1) is 6.92 Å². The maximum Gasteiger partial charge on any atom is 0.251 e. The Balaban J connectivity index is 2.52. The second-order valence-corrected chi connectivity index (χ2v) is 4.40. The summed E-state index contributed by atoms with van der Waals surface area (Å²) in [7, 11) is 0. The number of hydrogen-bond acceptors (Lipinski definition) is 3. The summed E-state index contributed by atoms with van der Waals surface area (Å²) in [6.45, 7) is 5.85. The fraction of sp³-hybridized carbons (Fsp3) is 0.333. The van der Waals surface area contributed by atoms with Gasteiger partial charge in [-0.2, -0.15) is 0 Å². The molecule has 1 aromatic carbocycles. The maximum atomic E-state index is 11.9. The molecular formula is C15H20N2O3. The van der Waals surface area contributed by atoms with Crippen molar-refractivity contribution in [1.82, 2.24) is 10.2 Å². The van der Waals surface area contributed by atoms with E-state index in [2.05, 4.69) is 11.9 Å². The highest BCUT2D eigenvalue weighted by atomic mass is 16.3. The first-order valence-corrected chi connectivity index (χ1v) is 6.43. The molecule has 0 saturated heterocycles. The fourth-order valence-corrected chi connectivity index (χ4v) is 1.67. The largest absolute Gasteiger partial charge is 0.395 e. The van der Waals surface area contributed by atoms with Crippen LogP contribution in [0.25, 0.3) is 0 Å². The lowest BCUT2D eigenvalue weighted by atomic mass is 10.1. The monoisotopic (exact) mass is 276 g/mol. The van der Waals surface area contributed by atoms with Crippen LogP contribution in [0.1, 0.15) is 15.9 Å². The number of carbonyl (C=O) groups excluding carboxylic acids is 2. The molecule has 0 aromatic heterocycles. The minimum Gasteiger partial charge on any atom is -0.395 e.